The van der Waals surface area contributed by atoms with E-state index < -0.39 is 11.6 Å². The molecule has 3 rings (SSSR count). The first-order chi connectivity index (χ1) is 12.3. The van der Waals surface area contributed by atoms with E-state index in [2.05, 4.69) is 10.6 Å². The zero-order valence-electron chi connectivity index (χ0n) is 15.5. The van der Waals surface area contributed by atoms with Crippen molar-refractivity contribution in [2.45, 2.75) is 38.1 Å². The van der Waals surface area contributed by atoms with Gasteiger partial charge in [-0.25, -0.2) is 4.79 Å². The van der Waals surface area contributed by atoms with Gasteiger partial charge in [0.1, 0.15) is 12.1 Å². The van der Waals surface area contributed by atoms with Crippen molar-refractivity contribution in [2.75, 3.05) is 30.9 Å². The van der Waals surface area contributed by atoms with E-state index in [1.165, 1.54) is 0 Å². The molecule has 2 atom stereocenters. The van der Waals surface area contributed by atoms with E-state index in [0.717, 1.165) is 29.8 Å². The summed E-state index contributed by atoms with van der Waals surface area (Å²) >= 11 is 0. The molecule has 1 saturated heterocycles. The van der Waals surface area contributed by atoms with Gasteiger partial charge in [0.05, 0.1) is 11.4 Å². The zero-order chi connectivity index (χ0) is 18.9. The third-order valence-electron chi connectivity index (χ3n) is 5.46. The largest absolute Gasteiger partial charge is 0.376 e. The maximum absolute atomic E-state index is 12.9. The van der Waals surface area contributed by atoms with E-state index in [1.54, 1.807) is 6.07 Å². The Morgan fingerprint density at radius 2 is 2.04 bits per heavy atom. The number of carbonyl (C=O) groups is 3. The lowest BCUT2D eigenvalue weighted by Gasteiger charge is -2.36. The van der Waals surface area contributed by atoms with E-state index in [4.69, 9.17) is 0 Å². The molecule has 1 heterocycles. The lowest BCUT2D eigenvalue weighted by molar-refractivity contribution is -0.136. The summed E-state index contributed by atoms with van der Waals surface area (Å²) in [5.41, 5.74) is 0.669. The first kappa shape index (κ1) is 18.2. The molecule has 7 heteroatoms. The van der Waals surface area contributed by atoms with E-state index in [9.17, 15) is 14.4 Å². The van der Waals surface area contributed by atoms with Gasteiger partial charge in [-0.15, -0.1) is 0 Å². The van der Waals surface area contributed by atoms with Crippen LogP contribution in [0.4, 0.5) is 16.2 Å². The van der Waals surface area contributed by atoms with E-state index >= 15 is 0 Å². The highest BCUT2D eigenvalue weighted by atomic mass is 16.2. The highest BCUT2D eigenvalue weighted by Gasteiger charge is 2.55. The summed E-state index contributed by atoms with van der Waals surface area (Å²) in [6, 6.07) is 6.93. The summed E-state index contributed by atoms with van der Waals surface area (Å²) in [6.07, 6.45) is 3.52. The topological polar surface area (TPSA) is 81.8 Å². The summed E-state index contributed by atoms with van der Waals surface area (Å²) in [5, 5.41) is 5.67. The summed E-state index contributed by atoms with van der Waals surface area (Å²) < 4.78 is 0. The number of nitrogens with zero attached hydrogens (tertiary/aromatic N) is 2. The van der Waals surface area contributed by atoms with Gasteiger partial charge in [0.25, 0.3) is 5.91 Å². The molecular weight excluding hydrogens is 332 g/mol. The average Bonchev–Trinajstić information content (AvgIpc) is 2.83. The molecule has 1 aliphatic heterocycles. The third-order valence-corrected chi connectivity index (χ3v) is 5.46. The van der Waals surface area contributed by atoms with Gasteiger partial charge in [-0.3, -0.25) is 14.5 Å². The minimum absolute atomic E-state index is 0.0789. The number of imide groups is 1. The Morgan fingerprint density at radius 1 is 1.31 bits per heavy atom. The Hall–Kier alpha value is -2.57. The van der Waals surface area contributed by atoms with Gasteiger partial charge in [0.2, 0.25) is 5.91 Å². The number of hydrogen-bond donors (Lipinski definition) is 2. The van der Waals surface area contributed by atoms with E-state index in [1.807, 2.05) is 44.1 Å². The van der Waals surface area contributed by atoms with Crippen LogP contribution in [-0.4, -0.2) is 48.9 Å². The smallest absolute Gasteiger partial charge is 0.325 e. The lowest BCUT2D eigenvalue weighted by Crippen LogP contribution is -2.54. The van der Waals surface area contributed by atoms with Crippen molar-refractivity contribution in [3.8, 4) is 0 Å². The van der Waals surface area contributed by atoms with Crippen molar-refractivity contribution in [2.24, 2.45) is 5.92 Å². The van der Waals surface area contributed by atoms with Gasteiger partial charge in [-0.2, -0.15) is 0 Å². The molecule has 4 amide bonds. The molecule has 1 spiro atoms. The molecule has 140 valence electrons. The number of amides is 4. The second kappa shape index (κ2) is 6.97. The third kappa shape index (κ3) is 3.13. The quantitative estimate of drug-likeness (QED) is 0.809. The van der Waals surface area contributed by atoms with Crippen molar-refractivity contribution in [3.05, 3.63) is 24.3 Å². The first-order valence-corrected chi connectivity index (χ1v) is 9.05. The molecule has 0 bridgehead atoms. The van der Waals surface area contributed by atoms with Crippen LogP contribution in [0.25, 0.3) is 0 Å². The molecular formula is C19H26N4O3. The molecule has 2 aliphatic rings. The van der Waals surface area contributed by atoms with Gasteiger partial charge < -0.3 is 15.5 Å². The molecule has 7 nitrogen and oxygen atoms in total. The standard InChI is InChI=1S/C19H26N4O3/c1-13-8-6-7-11-19(13)17(25)23(18(26)21-19)12-16(24)20-14-9-4-5-10-15(14)22(2)3/h4-5,9-10,13H,6-8,11-12H2,1-3H3,(H,20,24)(H,21,26). The maximum atomic E-state index is 12.9. The summed E-state index contributed by atoms with van der Waals surface area (Å²) in [7, 11) is 3.77. The highest BCUT2D eigenvalue weighted by Crippen LogP contribution is 2.38. The molecule has 2 unspecified atom stereocenters. The lowest BCUT2D eigenvalue weighted by atomic mass is 9.73. The minimum atomic E-state index is -0.836. The number of rotatable bonds is 4. The molecule has 2 fully saturated rings. The van der Waals surface area contributed by atoms with Crippen molar-refractivity contribution < 1.29 is 14.4 Å². The number of urea groups is 1. The Morgan fingerprint density at radius 3 is 2.73 bits per heavy atom. The molecule has 26 heavy (non-hydrogen) atoms. The first-order valence-electron chi connectivity index (χ1n) is 9.05. The van der Waals surface area contributed by atoms with Crippen molar-refractivity contribution in [1.29, 1.82) is 0 Å². The monoisotopic (exact) mass is 358 g/mol. The van der Waals surface area contributed by atoms with E-state index in [0.29, 0.717) is 12.1 Å². The second-order valence-electron chi connectivity index (χ2n) is 7.40. The Labute approximate surface area is 153 Å². The zero-order valence-corrected chi connectivity index (χ0v) is 15.5. The van der Waals surface area contributed by atoms with Crippen LogP contribution in [0, 0.1) is 5.92 Å². The summed E-state index contributed by atoms with van der Waals surface area (Å²) in [6.45, 7) is 1.72. The fraction of sp³-hybridized carbons (Fsp3) is 0.526. The van der Waals surface area contributed by atoms with E-state index in [-0.39, 0.29) is 24.3 Å². The molecule has 1 aliphatic carbocycles. The SMILES string of the molecule is CC1CCCCC12NC(=O)N(CC(=O)Nc1ccccc1N(C)C)C2=O. The number of hydrogen-bond acceptors (Lipinski definition) is 4. The summed E-state index contributed by atoms with van der Waals surface area (Å²) in [5.74, 6) is -0.579. The number of anilines is 2. The van der Waals surface area contributed by atoms with Crippen LogP contribution in [0.2, 0.25) is 0 Å². The van der Waals surface area contributed by atoms with Gasteiger partial charge in [-0.05, 0) is 30.9 Å². The van der Waals surface area contributed by atoms with Crippen LogP contribution in [0.3, 0.4) is 0 Å². The molecule has 1 saturated carbocycles. The predicted octanol–water partition coefficient (Wildman–Crippen LogP) is 2.19. The van der Waals surface area contributed by atoms with Gasteiger partial charge >= 0.3 is 6.03 Å². The van der Waals surface area contributed by atoms with Crippen LogP contribution in [-0.2, 0) is 9.59 Å². The molecule has 1 aromatic rings. The second-order valence-corrected chi connectivity index (χ2v) is 7.40. The molecule has 0 aromatic heterocycles. The fourth-order valence-electron chi connectivity index (χ4n) is 3.94. The number of benzene rings is 1. The van der Waals surface area contributed by atoms with Crippen LogP contribution in [0.15, 0.2) is 24.3 Å². The number of carbonyl (C=O) groups excluding carboxylic acids is 3. The highest BCUT2D eigenvalue weighted by molar-refractivity contribution is 6.10. The normalized spacial score (nSPS) is 25.3. The molecule has 0 radical (unpaired) electrons. The van der Waals surface area contributed by atoms with Crippen LogP contribution < -0.4 is 15.5 Å². The van der Waals surface area contributed by atoms with Crippen LogP contribution in [0.1, 0.15) is 32.6 Å². The molecule has 2 N–H and O–H groups in total. The molecule has 1 aromatic carbocycles. The van der Waals surface area contributed by atoms with Crippen LogP contribution in [0.5, 0.6) is 0 Å². The minimum Gasteiger partial charge on any atom is -0.376 e. The van der Waals surface area contributed by atoms with Crippen molar-refractivity contribution in [1.82, 2.24) is 10.2 Å². The number of para-hydroxylation sites is 2. The number of nitrogens with one attached hydrogen (secondary N) is 2. The van der Waals surface area contributed by atoms with Gasteiger partial charge in [0.15, 0.2) is 0 Å². The fourth-order valence-corrected chi connectivity index (χ4v) is 3.94. The Balaban J connectivity index is 1.72. The van der Waals surface area contributed by atoms with Gasteiger partial charge in [-0.1, -0.05) is 31.9 Å². The van der Waals surface area contributed by atoms with Crippen molar-refractivity contribution >= 4 is 29.2 Å². The summed E-state index contributed by atoms with van der Waals surface area (Å²) in [4.78, 5) is 40.7. The van der Waals surface area contributed by atoms with Crippen molar-refractivity contribution in [3.63, 3.8) is 0 Å². The maximum Gasteiger partial charge on any atom is 0.325 e. The Kier molecular flexibility index (Phi) is 4.89. The average molecular weight is 358 g/mol. The van der Waals surface area contributed by atoms with Gasteiger partial charge in [0, 0.05) is 14.1 Å². The predicted molar refractivity (Wildman–Crippen MR) is 100 cm³/mol. The van der Waals surface area contributed by atoms with Crippen LogP contribution >= 0.6 is 0 Å². The Bertz CT molecular complexity index is 733.